The SMILES string of the molecule is CS(=O)(=O)NC(=O)C12CCC(NC(=O)[C@@H]3NC4(CCCCC4)[C@@H](C(=O)Nc4cccc(Cl)c4)[C@H]3c3cccc(Cl)c3F)(CC1)CC2. The molecule has 3 amide bonds. The third-order valence-electron chi connectivity index (χ3n) is 10.9. The molecule has 0 aromatic heterocycles. The molecule has 2 aromatic rings. The molecule has 9 nitrogen and oxygen atoms in total. The Balaban J connectivity index is 1.32. The van der Waals surface area contributed by atoms with Gasteiger partial charge < -0.3 is 10.6 Å². The van der Waals surface area contributed by atoms with Crippen LogP contribution in [0.2, 0.25) is 10.0 Å². The average molecular weight is 694 g/mol. The molecule has 5 aliphatic rings. The van der Waals surface area contributed by atoms with Crippen LogP contribution in [0.4, 0.5) is 10.1 Å². The number of benzene rings is 2. The normalized spacial score (nSPS) is 30.1. The monoisotopic (exact) mass is 692 g/mol. The molecule has 0 radical (unpaired) electrons. The van der Waals surface area contributed by atoms with E-state index in [-0.39, 0.29) is 22.4 Å². The second kappa shape index (κ2) is 12.4. The topological polar surface area (TPSA) is 133 Å². The lowest BCUT2D eigenvalue weighted by Crippen LogP contribution is -2.62. The summed E-state index contributed by atoms with van der Waals surface area (Å²) in [4.78, 5) is 41.7. The molecule has 0 unspecified atom stereocenters. The van der Waals surface area contributed by atoms with E-state index in [9.17, 15) is 22.8 Å². The summed E-state index contributed by atoms with van der Waals surface area (Å²) in [7, 11) is -3.69. The Bertz CT molecular complexity index is 1640. The van der Waals surface area contributed by atoms with E-state index in [1.165, 1.54) is 6.07 Å². The van der Waals surface area contributed by atoms with Gasteiger partial charge in [-0.2, -0.15) is 0 Å². The summed E-state index contributed by atoms with van der Waals surface area (Å²) in [5.41, 5.74) is -1.42. The van der Waals surface area contributed by atoms with E-state index in [0.717, 1.165) is 25.5 Å². The summed E-state index contributed by atoms with van der Waals surface area (Å²) < 4.78 is 41.5. The molecule has 2 aromatic carbocycles. The first-order chi connectivity index (χ1) is 21.8. The molecule has 4 aliphatic carbocycles. The lowest BCUT2D eigenvalue weighted by Gasteiger charge is -2.52. The number of rotatable bonds is 7. The molecule has 1 saturated heterocycles. The fraction of sp³-hybridized carbons (Fsp3) is 0.545. The summed E-state index contributed by atoms with van der Waals surface area (Å²) in [6.07, 6.45) is 7.79. The maximum atomic E-state index is 15.9. The lowest BCUT2D eigenvalue weighted by atomic mass is 9.57. The molecule has 5 fully saturated rings. The molecule has 1 heterocycles. The highest BCUT2D eigenvalue weighted by Gasteiger charge is 2.60. The van der Waals surface area contributed by atoms with Crippen LogP contribution in [-0.2, 0) is 24.4 Å². The number of sulfonamides is 1. The zero-order valence-corrected chi connectivity index (χ0v) is 28.0. The van der Waals surface area contributed by atoms with Crippen molar-refractivity contribution in [2.45, 2.75) is 93.7 Å². The number of nitrogens with one attached hydrogen (secondary N) is 4. The Morgan fingerprint density at radius 2 is 1.54 bits per heavy atom. The van der Waals surface area contributed by atoms with Gasteiger partial charge in [0.05, 0.1) is 28.7 Å². The first kappa shape index (κ1) is 33.2. The molecule has 1 aliphatic heterocycles. The smallest absolute Gasteiger partial charge is 0.239 e. The Hall–Kier alpha value is -2.73. The van der Waals surface area contributed by atoms with Crippen molar-refractivity contribution in [2.24, 2.45) is 11.3 Å². The Labute approximate surface area is 278 Å². The number of hydrogen-bond donors (Lipinski definition) is 4. The van der Waals surface area contributed by atoms with Crippen molar-refractivity contribution >= 4 is 56.6 Å². The van der Waals surface area contributed by atoms with Crippen molar-refractivity contribution in [3.8, 4) is 0 Å². The molecule has 7 rings (SSSR count). The average Bonchev–Trinajstić information content (AvgIpc) is 3.33. The number of fused-ring (bicyclic) bond motifs is 3. The fourth-order valence-electron chi connectivity index (χ4n) is 8.56. The minimum Gasteiger partial charge on any atom is -0.349 e. The van der Waals surface area contributed by atoms with Crippen LogP contribution in [-0.4, -0.2) is 49.5 Å². The quantitative estimate of drug-likeness (QED) is 0.306. The van der Waals surface area contributed by atoms with E-state index in [1.54, 1.807) is 36.4 Å². The number of halogens is 3. The van der Waals surface area contributed by atoms with Gasteiger partial charge in [-0.15, -0.1) is 0 Å². The van der Waals surface area contributed by atoms with Crippen LogP contribution < -0.4 is 20.7 Å². The van der Waals surface area contributed by atoms with Crippen LogP contribution >= 0.6 is 23.2 Å². The zero-order valence-electron chi connectivity index (χ0n) is 25.6. The fourth-order valence-corrected chi connectivity index (χ4v) is 9.48. The first-order valence-electron chi connectivity index (χ1n) is 15.9. The van der Waals surface area contributed by atoms with Crippen molar-refractivity contribution in [1.29, 1.82) is 0 Å². The van der Waals surface area contributed by atoms with Gasteiger partial charge >= 0.3 is 0 Å². The zero-order chi connectivity index (χ0) is 32.9. The predicted octanol–water partition coefficient (Wildman–Crippen LogP) is 5.43. The predicted molar refractivity (Wildman–Crippen MR) is 174 cm³/mol. The van der Waals surface area contributed by atoms with Gasteiger partial charge in [0.25, 0.3) is 0 Å². The van der Waals surface area contributed by atoms with Gasteiger partial charge in [-0.3, -0.25) is 24.4 Å². The highest BCUT2D eigenvalue weighted by atomic mass is 35.5. The van der Waals surface area contributed by atoms with Gasteiger partial charge in [0.1, 0.15) is 5.82 Å². The van der Waals surface area contributed by atoms with Crippen LogP contribution in [0.3, 0.4) is 0 Å². The number of anilines is 1. The van der Waals surface area contributed by atoms with Crippen LogP contribution in [0.15, 0.2) is 42.5 Å². The van der Waals surface area contributed by atoms with Crippen molar-refractivity contribution in [3.63, 3.8) is 0 Å². The van der Waals surface area contributed by atoms with E-state index in [1.807, 2.05) is 0 Å². The van der Waals surface area contributed by atoms with Crippen molar-refractivity contribution in [2.75, 3.05) is 11.6 Å². The Kier molecular flexibility index (Phi) is 8.93. The third-order valence-corrected chi connectivity index (χ3v) is 12.0. The number of hydrogen-bond acceptors (Lipinski definition) is 6. The van der Waals surface area contributed by atoms with E-state index in [2.05, 4.69) is 20.7 Å². The number of carbonyl (C=O) groups excluding carboxylic acids is 3. The van der Waals surface area contributed by atoms with Gasteiger partial charge in [0.15, 0.2) is 0 Å². The summed E-state index contributed by atoms with van der Waals surface area (Å²) in [5, 5.41) is 10.2. The minimum absolute atomic E-state index is 0.0860. The molecule has 2 bridgehead atoms. The standard InChI is InChI=1S/C33H39Cl2FN4O5S/c1-46(44,45)40-30(43)31-13-16-32(17-14-31,18-15-31)39-29(42)27-24(22-9-6-10-23(35)26(22)36)25(33(38-27)11-3-2-4-12-33)28(41)37-21-8-5-7-20(34)19-21/h5-10,19,24-25,27,38H,2-4,11-18H2,1H3,(H,37,41)(H,39,42)(H,40,43)/t24-,25-,27-,31?,32?/m1/s1. The minimum atomic E-state index is -3.69. The summed E-state index contributed by atoms with van der Waals surface area (Å²) in [6, 6.07) is 10.6. The van der Waals surface area contributed by atoms with Crippen molar-refractivity contribution in [3.05, 3.63) is 63.9 Å². The van der Waals surface area contributed by atoms with Gasteiger partial charge in [-0.1, -0.05) is 60.7 Å². The maximum absolute atomic E-state index is 15.9. The Morgan fingerprint density at radius 3 is 2.17 bits per heavy atom. The summed E-state index contributed by atoms with van der Waals surface area (Å²) in [6.45, 7) is 0. The highest BCUT2D eigenvalue weighted by Crippen LogP contribution is 2.54. The second-order valence-electron chi connectivity index (χ2n) is 13.7. The van der Waals surface area contributed by atoms with Crippen LogP contribution in [0.5, 0.6) is 0 Å². The van der Waals surface area contributed by atoms with Gasteiger partial charge in [-0.25, -0.2) is 12.8 Å². The molecule has 13 heteroatoms. The summed E-state index contributed by atoms with van der Waals surface area (Å²) >= 11 is 12.5. The second-order valence-corrected chi connectivity index (χ2v) is 16.3. The molecule has 248 valence electrons. The van der Waals surface area contributed by atoms with E-state index >= 15 is 4.39 Å². The van der Waals surface area contributed by atoms with Crippen LogP contribution in [0.25, 0.3) is 0 Å². The molecule has 46 heavy (non-hydrogen) atoms. The van der Waals surface area contributed by atoms with Gasteiger partial charge in [-0.05, 0) is 81.2 Å². The molecular weight excluding hydrogens is 654 g/mol. The number of amides is 3. The van der Waals surface area contributed by atoms with Gasteiger partial charge in [0.2, 0.25) is 27.7 Å². The van der Waals surface area contributed by atoms with E-state index < -0.39 is 56.1 Å². The van der Waals surface area contributed by atoms with Crippen LogP contribution in [0, 0.1) is 17.2 Å². The van der Waals surface area contributed by atoms with E-state index in [4.69, 9.17) is 23.2 Å². The van der Waals surface area contributed by atoms with Gasteiger partial charge in [0, 0.05) is 27.7 Å². The molecule has 4 saturated carbocycles. The maximum Gasteiger partial charge on any atom is 0.239 e. The van der Waals surface area contributed by atoms with Crippen molar-refractivity contribution in [1.82, 2.24) is 15.4 Å². The largest absolute Gasteiger partial charge is 0.349 e. The van der Waals surface area contributed by atoms with E-state index in [0.29, 0.717) is 62.1 Å². The van der Waals surface area contributed by atoms with Crippen LogP contribution in [0.1, 0.15) is 82.1 Å². The molecule has 1 spiro atoms. The van der Waals surface area contributed by atoms with Crippen molar-refractivity contribution < 1.29 is 27.2 Å². The molecule has 4 N–H and O–H groups in total. The third kappa shape index (κ3) is 6.28. The lowest BCUT2D eigenvalue weighted by molar-refractivity contribution is -0.138. The molecule has 3 atom stereocenters. The Morgan fingerprint density at radius 1 is 0.891 bits per heavy atom. The summed E-state index contributed by atoms with van der Waals surface area (Å²) in [5.74, 6) is -3.46. The number of carbonyl (C=O) groups is 3. The first-order valence-corrected chi connectivity index (χ1v) is 18.5. The highest BCUT2D eigenvalue weighted by molar-refractivity contribution is 7.89. The molecular formula is C33H39Cl2FN4O5S.